The van der Waals surface area contributed by atoms with Crippen LogP contribution >= 0.6 is 11.3 Å². The lowest BCUT2D eigenvalue weighted by Crippen LogP contribution is -2.39. The fourth-order valence-electron chi connectivity index (χ4n) is 5.37. The lowest BCUT2D eigenvalue weighted by atomic mass is 10.0. The third-order valence-corrected chi connectivity index (χ3v) is 8.46. The molecule has 3 aliphatic heterocycles. The van der Waals surface area contributed by atoms with Crippen LogP contribution in [0.25, 0.3) is 16.1 Å². The fraction of sp³-hybridized carbons (Fsp3) is 0.429. The molecule has 0 spiro atoms. The second-order valence-electron chi connectivity index (χ2n) is 10.4. The molecule has 222 valence electrons. The highest BCUT2D eigenvalue weighted by Crippen LogP contribution is 2.38. The molecule has 0 unspecified atom stereocenters. The molecule has 0 bridgehead atoms. The highest BCUT2D eigenvalue weighted by atomic mass is 32.1. The van der Waals surface area contributed by atoms with Crippen LogP contribution in [-0.4, -0.2) is 76.9 Å². The summed E-state index contributed by atoms with van der Waals surface area (Å²) >= 11 is 1.32. The van der Waals surface area contributed by atoms with Crippen molar-refractivity contribution in [3.8, 4) is 16.5 Å². The largest absolute Gasteiger partial charge is 0.480 e. The number of pyridine rings is 1. The van der Waals surface area contributed by atoms with Crippen LogP contribution in [0.3, 0.4) is 0 Å². The maximum atomic E-state index is 13.9. The minimum Gasteiger partial charge on any atom is -0.480 e. The molecule has 42 heavy (non-hydrogen) atoms. The third-order valence-electron chi connectivity index (χ3n) is 7.56. The maximum absolute atomic E-state index is 13.9. The van der Waals surface area contributed by atoms with Crippen molar-refractivity contribution in [3.05, 3.63) is 53.3 Å². The average molecular weight is 606 g/mol. The molecule has 0 amide bonds. The predicted molar refractivity (Wildman–Crippen MR) is 148 cm³/mol. The van der Waals surface area contributed by atoms with Gasteiger partial charge in [-0.1, -0.05) is 12.1 Å². The Labute approximate surface area is 242 Å². The number of ether oxygens (including phenoxy) is 2. The quantitative estimate of drug-likeness (QED) is 0.343. The first-order valence-corrected chi connectivity index (χ1v) is 14.3. The van der Waals surface area contributed by atoms with Crippen molar-refractivity contribution in [2.75, 3.05) is 42.6 Å². The molecule has 3 aromatic rings. The molecule has 0 radical (unpaired) electrons. The molecule has 3 aromatic heterocycles. The number of nitrogens with zero attached hydrogens (tertiary/aromatic N) is 5. The number of piperidine rings is 1. The summed E-state index contributed by atoms with van der Waals surface area (Å²) in [6.07, 6.45) is -0.703. The first kappa shape index (κ1) is 28.3. The molecule has 2 fully saturated rings. The average Bonchev–Trinajstić information content (AvgIpc) is 3.76. The molecule has 1 N–H and O–H groups in total. The summed E-state index contributed by atoms with van der Waals surface area (Å²) in [4.78, 5) is 28.6. The lowest BCUT2D eigenvalue weighted by molar-refractivity contribution is -0.138. The van der Waals surface area contributed by atoms with Crippen LogP contribution < -0.4 is 14.5 Å². The van der Waals surface area contributed by atoms with E-state index in [1.165, 1.54) is 22.3 Å². The van der Waals surface area contributed by atoms with Crippen LogP contribution in [0.5, 0.6) is 5.88 Å². The summed E-state index contributed by atoms with van der Waals surface area (Å²) in [5.41, 5.74) is 2.51. The van der Waals surface area contributed by atoms with Gasteiger partial charge in [-0.15, -0.1) is 11.3 Å². The first-order valence-electron chi connectivity index (χ1n) is 13.4. The second kappa shape index (κ2) is 11.5. The number of carboxylic acid groups (broad SMARTS) is 1. The van der Waals surface area contributed by atoms with Crippen LogP contribution in [-0.2, 0) is 9.53 Å². The molecular weight excluding hydrogens is 578 g/mol. The van der Waals surface area contributed by atoms with Crippen molar-refractivity contribution in [2.24, 2.45) is 0 Å². The maximum Gasteiger partial charge on any atom is 0.326 e. The number of hydrogen-bond donors (Lipinski definition) is 1. The summed E-state index contributed by atoms with van der Waals surface area (Å²) in [6, 6.07) is 5.72. The predicted octanol–water partition coefficient (Wildman–Crippen LogP) is 5.30. The van der Waals surface area contributed by atoms with Gasteiger partial charge < -0.3 is 24.4 Å². The van der Waals surface area contributed by atoms with Crippen molar-refractivity contribution < 1.29 is 36.9 Å². The van der Waals surface area contributed by atoms with E-state index in [2.05, 4.69) is 15.0 Å². The van der Waals surface area contributed by atoms with Crippen LogP contribution in [0.15, 0.2) is 41.9 Å². The highest BCUT2D eigenvalue weighted by molar-refractivity contribution is 7.13. The zero-order chi connectivity index (χ0) is 29.4. The van der Waals surface area contributed by atoms with Gasteiger partial charge in [0.2, 0.25) is 5.88 Å². The van der Waals surface area contributed by atoms with Crippen molar-refractivity contribution in [2.45, 2.75) is 43.8 Å². The second-order valence-corrected chi connectivity index (χ2v) is 11.3. The van der Waals surface area contributed by atoms with Crippen molar-refractivity contribution >= 4 is 34.4 Å². The number of aliphatic carboxylic acids is 1. The number of alkyl halides is 4. The van der Waals surface area contributed by atoms with Gasteiger partial charge >= 0.3 is 5.97 Å². The number of aromatic nitrogens is 3. The summed E-state index contributed by atoms with van der Waals surface area (Å²) in [5.74, 6) is -4.37. The van der Waals surface area contributed by atoms with Gasteiger partial charge in [0.1, 0.15) is 23.7 Å². The molecular formula is C28H27F4N5O4S. The Bertz CT molecular complexity index is 1480. The number of hydrogen-bond acceptors (Lipinski definition) is 9. The molecule has 0 aliphatic carbocycles. The Morgan fingerprint density at radius 1 is 1.21 bits per heavy atom. The lowest BCUT2D eigenvalue weighted by Gasteiger charge is -2.34. The normalized spacial score (nSPS) is 22.1. The van der Waals surface area contributed by atoms with E-state index in [1.807, 2.05) is 12.1 Å². The van der Waals surface area contributed by atoms with Crippen molar-refractivity contribution in [3.63, 3.8) is 0 Å². The van der Waals surface area contributed by atoms with Gasteiger partial charge in [0.05, 0.1) is 30.3 Å². The molecule has 2 saturated heterocycles. The smallest absolute Gasteiger partial charge is 0.326 e. The molecule has 14 heteroatoms. The summed E-state index contributed by atoms with van der Waals surface area (Å²) in [6.45, 7) is 1.10. The van der Waals surface area contributed by atoms with Gasteiger partial charge in [0.15, 0.2) is 5.82 Å². The first-order chi connectivity index (χ1) is 20.2. The number of carboxylic acids is 1. The van der Waals surface area contributed by atoms with Gasteiger partial charge in [-0.05, 0) is 23.1 Å². The molecule has 3 aliphatic rings. The minimum absolute atomic E-state index is 0.0254. The van der Waals surface area contributed by atoms with Crippen LogP contribution in [0.1, 0.15) is 37.1 Å². The zero-order valence-electron chi connectivity index (χ0n) is 22.3. The van der Waals surface area contributed by atoms with E-state index in [9.17, 15) is 27.5 Å². The standard InChI is InChI=1S/C28H27F4N5O4S/c29-24(30)25-34-19(22-2-1-9-42-22)12-23(35-25)37-14-18(11-21(37)27(38)39)41-26-20(36-6-4-28(31,32)5-7-36)10-17(13-33-26)16-3-8-40-15-16/h1-3,9-10,12-13,18,21,24H,4-8,11,14-15H2,(H,38,39)/t18-,21-/m0/s1. The molecule has 0 aromatic carbocycles. The molecule has 0 saturated carbocycles. The molecule has 6 rings (SSSR count). The van der Waals surface area contributed by atoms with E-state index in [4.69, 9.17) is 9.47 Å². The highest BCUT2D eigenvalue weighted by Gasteiger charge is 2.41. The number of anilines is 2. The number of carbonyl (C=O) groups is 1. The van der Waals surface area contributed by atoms with Gasteiger partial charge in [-0.3, -0.25) is 0 Å². The Kier molecular flexibility index (Phi) is 7.75. The molecule has 9 nitrogen and oxygen atoms in total. The number of halogens is 4. The third kappa shape index (κ3) is 5.91. The van der Waals surface area contributed by atoms with Crippen LogP contribution in [0, 0.1) is 0 Å². The number of thiophene rings is 1. The fourth-order valence-corrected chi connectivity index (χ4v) is 6.06. The van der Waals surface area contributed by atoms with E-state index in [-0.39, 0.29) is 56.3 Å². The van der Waals surface area contributed by atoms with E-state index in [0.717, 1.165) is 11.1 Å². The van der Waals surface area contributed by atoms with Crippen molar-refractivity contribution in [1.29, 1.82) is 0 Å². The zero-order valence-corrected chi connectivity index (χ0v) is 23.1. The van der Waals surface area contributed by atoms with Crippen LogP contribution in [0.2, 0.25) is 0 Å². The van der Waals surface area contributed by atoms with E-state index in [0.29, 0.717) is 23.8 Å². The van der Waals surface area contributed by atoms with Crippen LogP contribution in [0.4, 0.5) is 29.1 Å². The summed E-state index contributed by atoms with van der Waals surface area (Å²) < 4.78 is 67.1. The van der Waals surface area contributed by atoms with Gasteiger partial charge in [0, 0.05) is 50.2 Å². The number of rotatable bonds is 8. The molecule has 6 heterocycles. The SMILES string of the molecule is O=C(O)[C@@H]1C[C@H](Oc2ncc(C3=CCOC3)cc2N2CCC(F)(F)CC2)CN1c1cc(-c2cccs2)nc(C(F)F)n1. The van der Waals surface area contributed by atoms with E-state index < -0.39 is 36.3 Å². The van der Waals surface area contributed by atoms with Gasteiger partial charge in [-0.25, -0.2) is 37.3 Å². The Balaban J connectivity index is 1.30. The summed E-state index contributed by atoms with van der Waals surface area (Å²) in [5, 5.41) is 11.8. The topological polar surface area (TPSA) is 101 Å². The Morgan fingerprint density at radius 2 is 2.02 bits per heavy atom. The van der Waals surface area contributed by atoms with Gasteiger partial charge in [-0.2, -0.15) is 0 Å². The minimum atomic E-state index is -2.95. The summed E-state index contributed by atoms with van der Waals surface area (Å²) in [7, 11) is 0. The van der Waals surface area contributed by atoms with Crippen molar-refractivity contribution in [1.82, 2.24) is 15.0 Å². The van der Waals surface area contributed by atoms with E-state index in [1.54, 1.807) is 28.6 Å². The van der Waals surface area contributed by atoms with E-state index >= 15 is 0 Å². The monoisotopic (exact) mass is 605 g/mol. The Morgan fingerprint density at radius 3 is 2.69 bits per heavy atom. The van der Waals surface area contributed by atoms with Gasteiger partial charge in [0.25, 0.3) is 12.3 Å². The molecule has 2 atom stereocenters. The Hall–Kier alpha value is -3.78.